The van der Waals surface area contributed by atoms with Crippen molar-refractivity contribution >= 4 is 32.4 Å². The number of rotatable bonds is 3. The highest BCUT2D eigenvalue weighted by Crippen LogP contribution is 2.50. The lowest BCUT2D eigenvalue weighted by atomic mass is 9.90. The summed E-state index contributed by atoms with van der Waals surface area (Å²) in [6.07, 6.45) is -12.0. The molecule has 9 heteroatoms. The van der Waals surface area contributed by atoms with Crippen molar-refractivity contribution in [2.45, 2.75) is 24.5 Å². The van der Waals surface area contributed by atoms with Crippen LogP contribution in [0.1, 0.15) is 11.1 Å². The number of pyridine rings is 1. The molecule has 5 aromatic rings. The predicted octanol–water partition coefficient (Wildman–Crippen LogP) is 6.67. The number of hydrogen-bond donors (Lipinski definition) is 1. The molecule has 1 heterocycles. The highest BCUT2D eigenvalue weighted by atomic mass is 19.4. The molecule has 0 unspecified atom stereocenters. The fourth-order valence-electron chi connectivity index (χ4n) is 4.54. The molecule has 0 bridgehead atoms. The van der Waals surface area contributed by atoms with Gasteiger partial charge in [-0.25, -0.2) is 0 Å². The molecular weight excluding hydrogens is 484 g/mol. The zero-order valence-electron chi connectivity index (χ0n) is 18.4. The summed E-state index contributed by atoms with van der Waals surface area (Å²) < 4.78 is 82.5. The molecule has 0 saturated carbocycles. The molecule has 5 rings (SSSR count). The van der Waals surface area contributed by atoms with E-state index in [0.717, 1.165) is 22.4 Å². The molecule has 0 spiro atoms. The first-order chi connectivity index (χ1) is 16.9. The molecule has 1 aromatic heterocycles. The van der Waals surface area contributed by atoms with Crippen molar-refractivity contribution < 1.29 is 31.4 Å². The summed E-state index contributed by atoms with van der Waals surface area (Å²) in [5.41, 5.74) is -6.04. The van der Waals surface area contributed by atoms with Gasteiger partial charge in [-0.2, -0.15) is 26.3 Å². The maximum absolute atomic E-state index is 13.5. The van der Waals surface area contributed by atoms with Crippen molar-refractivity contribution in [2.24, 2.45) is 0 Å². The summed E-state index contributed by atoms with van der Waals surface area (Å²) in [4.78, 5) is 13.4. The van der Waals surface area contributed by atoms with E-state index in [0.29, 0.717) is 12.1 Å². The van der Waals surface area contributed by atoms with Crippen LogP contribution in [0.2, 0.25) is 0 Å². The molecule has 36 heavy (non-hydrogen) atoms. The van der Waals surface area contributed by atoms with Gasteiger partial charge in [0.25, 0.3) is 11.2 Å². The molecule has 0 radical (unpaired) electrons. The summed E-state index contributed by atoms with van der Waals surface area (Å²) in [6, 6.07) is 21.3. The van der Waals surface area contributed by atoms with Crippen molar-refractivity contribution in [1.29, 1.82) is 0 Å². The smallest absolute Gasteiger partial charge is 0.369 e. The molecule has 1 N–H and O–H groups in total. The Morgan fingerprint density at radius 2 is 1.28 bits per heavy atom. The highest BCUT2D eigenvalue weighted by Gasteiger charge is 2.71. The second-order valence-electron chi connectivity index (χ2n) is 8.56. The number of hydrogen-bond acceptors (Lipinski definition) is 2. The Bertz CT molecular complexity index is 1670. The van der Waals surface area contributed by atoms with E-state index in [2.05, 4.69) is 0 Å². The fraction of sp³-hybridized carbons (Fsp3) is 0.148. The van der Waals surface area contributed by atoms with E-state index >= 15 is 0 Å². The topological polar surface area (TPSA) is 42.2 Å². The predicted molar refractivity (Wildman–Crippen MR) is 125 cm³/mol. The maximum atomic E-state index is 13.5. The number of nitrogens with zero attached hydrogens (tertiary/aromatic N) is 1. The second kappa shape index (κ2) is 8.09. The van der Waals surface area contributed by atoms with E-state index in [4.69, 9.17) is 0 Å². The molecule has 0 aliphatic rings. The Labute approximate surface area is 199 Å². The van der Waals surface area contributed by atoms with Crippen molar-refractivity contribution in [2.75, 3.05) is 0 Å². The molecule has 0 aliphatic carbocycles. The number of halogens is 6. The Morgan fingerprint density at radius 1 is 0.667 bits per heavy atom. The van der Waals surface area contributed by atoms with Gasteiger partial charge in [-0.15, -0.1) is 0 Å². The molecule has 0 aliphatic heterocycles. The van der Waals surface area contributed by atoms with Gasteiger partial charge in [0.15, 0.2) is 0 Å². The zero-order chi connectivity index (χ0) is 25.9. The van der Waals surface area contributed by atoms with Gasteiger partial charge >= 0.3 is 12.4 Å². The maximum Gasteiger partial charge on any atom is 0.430 e. The van der Waals surface area contributed by atoms with E-state index in [-0.39, 0.29) is 28.2 Å². The summed E-state index contributed by atoms with van der Waals surface area (Å²) in [5, 5.41) is 12.1. The molecule has 0 fully saturated rings. The van der Waals surface area contributed by atoms with Gasteiger partial charge < -0.3 is 9.67 Å². The molecule has 0 atom stereocenters. The van der Waals surface area contributed by atoms with Crippen LogP contribution in [0.3, 0.4) is 0 Å². The van der Waals surface area contributed by atoms with E-state index < -0.39 is 29.1 Å². The van der Waals surface area contributed by atoms with Crippen LogP contribution in [0.4, 0.5) is 26.3 Å². The second-order valence-corrected chi connectivity index (χ2v) is 8.56. The van der Waals surface area contributed by atoms with Crippen molar-refractivity contribution in [3.8, 4) is 0 Å². The van der Waals surface area contributed by atoms with Crippen LogP contribution < -0.4 is 5.56 Å². The third-order valence-electron chi connectivity index (χ3n) is 6.37. The first kappa shape index (κ1) is 23.9. The minimum Gasteiger partial charge on any atom is -0.369 e. The number of aliphatic hydroxyl groups is 1. The largest absolute Gasteiger partial charge is 0.430 e. The fourth-order valence-corrected chi connectivity index (χ4v) is 4.54. The van der Waals surface area contributed by atoms with Gasteiger partial charge in [0.2, 0.25) is 0 Å². The van der Waals surface area contributed by atoms with E-state index in [9.17, 15) is 36.2 Å². The molecule has 3 nitrogen and oxygen atoms in total. The summed E-state index contributed by atoms with van der Waals surface area (Å²) >= 11 is 0. The minimum absolute atomic E-state index is 0.0181. The molecule has 0 amide bonds. The molecule has 4 aromatic carbocycles. The normalized spacial score (nSPS) is 13.1. The van der Waals surface area contributed by atoms with E-state index in [1.54, 1.807) is 12.1 Å². The van der Waals surface area contributed by atoms with Crippen molar-refractivity contribution in [3.63, 3.8) is 0 Å². The van der Waals surface area contributed by atoms with Gasteiger partial charge in [-0.05, 0) is 46.0 Å². The summed E-state index contributed by atoms with van der Waals surface area (Å²) in [6.45, 7) is 0.0349. The van der Waals surface area contributed by atoms with Gasteiger partial charge in [0.05, 0.1) is 12.1 Å². The van der Waals surface area contributed by atoms with Gasteiger partial charge in [0.1, 0.15) is 0 Å². The van der Waals surface area contributed by atoms with Gasteiger partial charge in [0, 0.05) is 16.3 Å². The Kier molecular flexibility index (Phi) is 5.37. The van der Waals surface area contributed by atoms with Crippen LogP contribution >= 0.6 is 0 Å². The minimum atomic E-state index is -6.02. The van der Waals surface area contributed by atoms with Crippen LogP contribution in [0, 0.1) is 0 Å². The average molecular weight is 501 g/mol. The monoisotopic (exact) mass is 501 g/mol. The van der Waals surface area contributed by atoms with Crippen molar-refractivity contribution in [3.05, 3.63) is 106 Å². The SMILES string of the molecule is O=c1c2ccccc2c2cc(C(O)(C(F)(F)F)C(F)(F)F)ccc2n1Cc1ccc2ccccc2c1. The first-order valence-corrected chi connectivity index (χ1v) is 10.8. The van der Waals surface area contributed by atoms with Crippen LogP contribution in [-0.4, -0.2) is 22.0 Å². The quantitative estimate of drug-likeness (QED) is 0.222. The molecular formula is C27H17F6NO2. The molecule has 0 saturated heterocycles. The standard InChI is InChI=1S/C27H17F6NO2/c28-26(29,30)25(36,27(31,32)33)19-11-12-23-22(14-19)20-7-3-4-8-21(20)24(35)34(23)15-16-9-10-17-5-1-2-6-18(17)13-16/h1-14,36H,15H2. The third kappa shape index (κ3) is 3.62. The van der Waals surface area contributed by atoms with Crippen LogP contribution in [0.5, 0.6) is 0 Å². The molecule has 184 valence electrons. The van der Waals surface area contributed by atoms with Gasteiger partial charge in [-0.1, -0.05) is 60.7 Å². The van der Waals surface area contributed by atoms with Crippen LogP contribution in [-0.2, 0) is 12.1 Å². The summed E-state index contributed by atoms with van der Waals surface area (Å²) in [7, 11) is 0. The van der Waals surface area contributed by atoms with Crippen LogP contribution in [0.15, 0.2) is 89.7 Å². The first-order valence-electron chi connectivity index (χ1n) is 10.8. The number of alkyl halides is 6. The Hall–Kier alpha value is -3.85. The summed E-state index contributed by atoms with van der Waals surface area (Å²) in [5.74, 6) is 0. The van der Waals surface area contributed by atoms with Crippen LogP contribution in [0.25, 0.3) is 32.4 Å². The van der Waals surface area contributed by atoms with Crippen molar-refractivity contribution in [1.82, 2.24) is 4.57 Å². The lowest BCUT2D eigenvalue weighted by Gasteiger charge is -2.33. The Balaban J connectivity index is 1.78. The lowest BCUT2D eigenvalue weighted by molar-refractivity contribution is -0.376. The zero-order valence-corrected chi connectivity index (χ0v) is 18.4. The third-order valence-corrected chi connectivity index (χ3v) is 6.37. The van der Waals surface area contributed by atoms with E-state index in [1.165, 1.54) is 22.8 Å². The highest BCUT2D eigenvalue weighted by molar-refractivity contribution is 6.06. The van der Waals surface area contributed by atoms with E-state index in [1.807, 2.05) is 36.4 Å². The number of fused-ring (bicyclic) bond motifs is 4. The number of benzene rings is 4. The lowest BCUT2D eigenvalue weighted by Crippen LogP contribution is -2.53. The average Bonchev–Trinajstić information content (AvgIpc) is 2.84. The Morgan fingerprint density at radius 3 is 1.94 bits per heavy atom. The number of aromatic nitrogens is 1. The van der Waals surface area contributed by atoms with Gasteiger partial charge in [-0.3, -0.25) is 4.79 Å².